The molecular weight excluding hydrogens is 447 g/mol. The molecule has 2 aromatic carbocycles. The molecule has 176 valence electrons. The van der Waals surface area contributed by atoms with Crippen molar-refractivity contribution in [3.63, 3.8) is 0 Å². The maximum absolute atomic E-state index is 14.9. The summed E-state index contributed by atoms with van der Waals surface area (Å²) in [4.78, 5) is 12.5. The van der Waals surface area contributed by atoms with Crippen molar-refractivity contribution in [2.75, 3.05) is 21.3 Å². The van der Waals surface area contributed by atoms with Crippen molar-refractivity contribution in [3.05, 3.63) is 42.2 Å². The van der Waals surface area contributed by atoms with Crippen LogP contribution in [0.5, 0.6) is 17.2 Å². The topological polar surface area (TPSA) is 87.5 Å². The molecule has 0 aliphatic carbocycles. The summed E-state index contributed by atoms with van der Waals surface area (Å²) in [6.45, 7) is 5.54. The average Bonchev–Trinajstić information content (AvgIpc) is 3.20. The van der Waals surface area contributed by atoms with Crippen LogP contribution in [0.1, 0.15) is 20.8 Å². The zero-order chi connectivity index (χ0) is 24.1. The number of hydrogen-bond acceptors (Lipinski definition) is 7. The van der Waals surface area contributed by atoms with Crippen molar-refractivity contribution in [1.29, 1.82) is 0 Å². The fourth-order valence-corrected chi connectivity index (χ4v) is 4.08. The van der Waals surface area contributed by atoms with E-state index in [4.69, 9.17) is 14.2 Å². The SMILES string of the molecule is COc1cc(-c2nnc(SC(C)C(=O)NC(C)C)n2-c2ccccc2F)cc(OC)c1OC. The summed E-state index contributed by atoms with van der Waals surface area (Å²) < 4.78 is 32.8. The molecule has 3 rings (SSSR count). The first-order chi connectivity index (χ1) is 15.8. The molecule has 1 unspecified atom stereocenters. The van der Waals surface area contributed by atoms with Gasteiger partial charge in [0, 0.05) is 11.6 Å². The van der Waals surface area contributed by atoms with Gasteiger partial charge in [-0.1, -0.05) is 23.9 Å². The Morgan fingerprint density at radius 2 is 1.67 bits per heavy atom. The molecule has 8 nitrogen and oxygen atoms in total. The summed E-state index contributed by atoms with van der Waals surface area (Å²) >= 11 is 1.19. The van der Waals surface area contributed by atoms with Crippen molar-refractivity contribution in [2.24, 2.45) is 0 Å². The molecule has 0 bridgehead atoms. The van der Waals surface area contributed by atoms with Gasteiger partial charge in [0.1, 0.15) is 5.82 Å². The zero-order valence-electron chi connectivity index (χ0n) is 19.4. The van der Waals surface area contributed by atoms with Crippen LogP contribution in [0, 0.1) is 5.82 Å². The molecule has 0 aliphatic heterocycles. The van der Waals surface area contributed by atoms with E-state index >= 15 is 0 Å². The Labute approximate surface area is 196 Å². The summed E-state index contributed by atoms with van der Waals surface area (Å²) in [5.41, 5.74) is 0.830. The van der Waals surface area contributed by atoms with Crippen molar-refractivity contribution in [1.82, 2.24) is 20.1 Å². The predicted octanol–water partition coefficient (Wildman–Crippen LogP) is 4.10. The van der Waals surface area contributed by atoms with E-state index in [1.54, 1.807) is 41.8 Å². The molecule has 1 amide bonds. The number of para-hydroxylation sites is 1. The molecular formula is C23H27FN4O4S. The van der Waals surface area contributed by atoms with E-state index in [9.17, 15) is 9.18 Å². The maximum Gasteiger partial charge on any atom is 0.233 e. The predicted molar refractivity (Wildman–Crippen MR) is 125 cm³/mol. The number of hydrogen-bond donors (Lipinski definition) is 1. The number of halogens is 1. The van der Waals surface area contributed by atoms with Crippen LogP contribution in [0.25, 0.3) is 17.1 Å². The standard InChI is InChI=1S/C23H27FN4O4S/c1-13(2)25-22(29)14(3)33-23-27-26-21(28(23)17-10-8-7-9-16(17)24)15-11-18(30-4)20(32-6)19(12-15)31-5/h7-14H,1-6H3,(H,25,29). The molecule has 0 saturated carbocycles. The van der Waals surface area contributed by atoms with Gasteiger partial charge in [-0.15, -0.1) is 10.2 Å². The Bertz CT molecular complexity index is 1110. The summed E-state index contributed by atoms with van der Waals surface area (Å²) in [5.74, 6) is 1.04. The van der Waals surface area contributed by atoms with Gasteiger partial charge in [0.15, 0.2) is 22.5 Å². The highest BCUT2D eigenvalue weighted by Crippen LogP contribution is 2.42. The zero-order valence-corrected chi connectivity index (χ0v) is 20.2. The van der Waals surface area contributed by atoms with Crippen LogP contribution in [0.4, 0.5) is 4.39 Å². The quantitative estimate of drug-likeness (QED) is 0.467. The van der Waals surface area contributed by atoms with Gasteiger partial charge in [0.2, 0.25) is 11.7 Å². The molecule has 0 radical (unpaired) electrons. The second-order valence-electron chi connectivity index (χ2n) is 7.43. The van der Waals surface area contributed by atoms with E-state index in [2.05, 4.69) is 15.5 Å². The monoisotopic (exact) mass is 474 g/mol. The van der Waals surface area contributed by atoms with E-state index in [1.807, 2.05) is 13.8 Å². The maximum atomic E-state index is 14.9. The van der Waals surface area contributed by atoms with Crippen LogP contribution in [0.2, 0.25) is 0 Å². The smallest absolute Gasteiger partial charge is 0.233 e. The molecule has 10 heteroatoms. The first-order valence-corrected chi connectivity index (χ1v) is 11.2. The second kappa shape index (κ2) is 10.6. The molecule has 0 saturated heterocycles. The van der Waals surface area contributed by atoms with Crippen LogP contribution in [-0.2, 0) is 4.79 Å². The lowest BCUT2D eigenvalue weighted by Gasteiger charge is -2.17. The van der Waals surface area contributed by atoms with Crippen LogP contribution in [0.3, 0.4) is 0 Å². The molecule has 1 atom stereocenters. The number of benzene rings is 2. The Balaban J connectivity index is 2.16. The third-order valence-corrected chi connectivity index (χ3v) is 5.77. The molecule has 1 heterocycles. The highest BCUT2D eigenvalue weighted by Gasteiger charge is 2.25. The molecule has 0 fully saturated rings. The highest BCUT2D eigenvalue weighted by molar-refractivity contribution is 8.00. The van der Waals surface area contributed by atoms with E-state index in [-0.39, 0.29) is 17.6 Å². The fourth-order valence-electron chi connectivity index (χ4n) is 3.21. The van der Waals surface area contributed by atoms with Crippen molar-refractivity contribution in [3.8, 4) is 34.3 Å². The van der Waals surface area contributed by atoms with Crippen molar-refractivity contribution in [2.45, 2.75) is 37.2 Å². The number of carbonyl (C=O) groups is 1. The minimum Gasteiger partial charge on any atom is -0.493 e. The molecule has 1 aromatic heterocycles. The summed E-state index contributed by atoms with van der Waals surface area (Å²) in [6.07, 6.45) is 0. The van der Waals surface area contributed by atoms with E-state index in [0.717, 1.165) is 0 Å². The first-order valence-electron chi connectivity index (χ1n) is 10.3. The number of ether oxygens (including phenoxy) is 3. The number of rotatable bonds is 9. The van der Waals surface area contributed by atoms with Crippen LogP contribution in [0.15, 0.2) is 41.6 Å². The Morgan fingerprint density at radius 3 is 2.21 bits per heavy atom. The van der Waals surface area contributed by atoms with E-state index < -0.39 is 11.1 Å². The fraction of sp³-hybridized carbons (Fsp3) is 0.348. The summed E-state index contributed by atoms with van der Waals surface area (Å²) in [6, 6.07) is 9.74. The Morgan fingerprint density at radius 1 is 1.03 bits per heavy atom. The van der Waals surface area contributed by atoms with Crippen molar-refractivity contribution < 1.29 is 23.4 Å². The van der Waals surface area contributed by atoms with Gasteiger partial charge in [-0.05, 0) is 45.0 Å². The third kappa shape index (κ3) is 5.22. The molecule has 0 spiro atoms. The van der Waals surface area contributed by atoms with Gasteiger partial charge in [-0.3, -0.25) is 9.36 Å². The summed E-state index contributed by atoms with van der Waals surface area (Å²) in [7, 11) is 4.54. The molecule has 33 heavy (non-hydrogen) atoms. The first kappa shape index (κ1) is 24.4. The van der Waals surface area contributed by atoms with E-state index in [1.165, 1.54) is 39.2 Å². The normalized spacial score (nSPS) is 11.9. The molecule has 1 N–H and O–H groups in total. The van der Waals surface area contributed by atoms with Gasteiger partial charge >= 0.3 is 0 Å². The number of amides is 1. The second-order valence-corrected chi connectivity index (χ2v) is 8.74. The minimum atomic E-state index is -0.477. The Hall–Kier alpha value is -3.27. The van der Waals surface area contributed by atoms with Crippen LogP contribution in [-0.4, -0.2) is 53.3 Å². The third-order valence-electron chi connectivity index (χ3n) is 4.73. The number of nitrogens with zero attached hydrogens (tertiary/aromatic N) is 3. The Kier molecular flexibility index (Phi) is 7.80. The lowest BCUT2D eigenvalue weighted by molar-refractivity contribution is -0.120. The van der Waals surface area contributed by atoms with Gasteiger partial charge in [-0.2, -0.15) is 0 Å². The molecule has 0 aliphatic rings. The number of carbonyl (C=O) groups excluding carboxylic acids is 1. The highest BCUT2D eigenvalue weighted by atomic mass is 32.2. The molecule has 3 aromatic rings. The lowest BCUT2D eigenvalue weighted by Crippen LogP contribution is -2.36. The van der Waals surface area contributed by atoms with Crippen LogP contribution >= 0.6 is 11.8 Å². The van der Waals surface area contributed by atoms with Gasteiger partial charge in [0.25, 0.3) is 0 Å². The average molecular weight is 475 g/mol. The lowest BCUT2D eigenvalue weighted by atomic mass is 10.1. The summed E-state index contributed by atoms with van der Waals surface area (Å²) in [5, 5.41) is 11.4. The minimum absolute atomic E-state index is 0.000206. The van der Waals surface area contributed by atoms with Crippen LogP contribution < -0.4 is 19.5 Å². The number of aromatic nitrogens is 3. The van der Waals surface area contributed by atoms with E-state index in [0.29, 0.717) is 33.8 Å². The number of methoxy groups -OCH3 is 3. The van der Waals surface area contributed by atoms with Gasteiger partial charge in [-0.25, -0.2) is 4.39 Å². The van der Waals surface area contributed by atoms with Gasteiger partial charge < -0.3 is 19.5 Å². The number of thioether (sulfide) groups is 1. The van der Waals surface area contributed by atoms with Gasteiger partial charge in [0.05, 0.1) is 32.3 Å². The largest absolute Gasteiger partial charge is 0.493 e. The van der Waals surface area contributed by atoms with Crippen molar-refractivity contribution >= 4 is 17.7 Å². The number of nitrogens with one attached hydrogen (secondary N) is 1.